The lowest BCUT2D eigenvalue weighted by molar-refractivity contribution is -0.393. The van der Waals surface area contributed by atoms with Gasteiger partial charge in [0.15, 0.2) is 0 Å². The summed E-state index contributed by atoms with van der Waals surface area (Å²) >= 11 is 0. The van der Waals surface area contributed by atoms with E-state index in [2.05, 4.69) is 30.3 Å². The molecule has 0 spiro atoms. The summed E-state index contributed by atoms with van der Waals surface area (Å²) in [5.74, 6) is 1.35. The van der Waals surface area contributed by atoms with E-state index in [1.54, 1.807) is 31.5 Å². The number of rotatable bonds is 10. The van der Waals surface area contributed by atoms with E-state index in [1.807, 2.05) is 6.07 Å². The quantitative estimate of drug-likeness (QED) is 0.195. The number of ether oxygens (including phenoxy) is 2. The van der Waals surface area contributed by atoms with Gasteiger partial charge < -0.3 is 29.8 Å². The Kier molecular flexibility index (Phi) is 8.86. The average Bonchev–Trinajstić information content (AvgIpc) is 3.44. The molecule has 2 fully saturated rings. The molecule has 1 atom stereocenters. The molecule has 1 aliphatic heterocycles. The van der Waals surface area contributed by atoms with Crippen LogP contribution in [0.25, 0.3) is 10.9 Å². The van der Waals surface area contributed by atoms with Crippen molar-refractivity contribution in [1.29, 1.82) is 0 Å². The van der Waals surface area contributed by atoms with Crippen molar-refractivity contribution in [2.75, 3.05) is 47.1 Å². The first-order valence-electron chi connectivity index (χ1n) is 15.1. The number of aromatic nitrogens is 6. The van der Waals surface area contributed by atoms with Gasteiger partial charge in [-0.2, -0.15) is 4.98 Å². The first kappa shape index (κ1) is 31.3. The minimum absolute atomic E-state index is 0.128. The molecule has 0 amide bonds. The molecule has 1 aliphatic carbocycles. The van der Waals surface area contributed by atoms with Crippen molar-refractivity contribution < 1.29 is 22.8 Å². The fraction of sp³-hybridized carbons (Fsp3) is 0.483. The van der Waals surface area contributed by atoms with Crippen molar-refractivity contribution in [2.24, 2.45) is 7.05 Å². The van der Waals surface area contributed by atoms with E-state index < -0.39 is 21.0 Å². The topological polar surface area (TPSA) is 184 Å². The smallest absolute Gasteiger partial charge is 0.349 e. The van der Waals surface area contributed by atoms with Crippen LogP contribution in [0.5, 0.6) is 5.88 Å². The molecule has 0 radical (unpaired) electrons. The largest absolute Gasteiger partial charge is 0.474 e. The minimum atomic E-state index is -3.93. The summed E-state index contributed by atoms with van der Waals surface area (Å²) in [4.78, 5) is 31.5. The van der Waals surface area contributed by atoms with Gasteiger partial charge in [0.1, 0.15) is 19.0 Å². The second-order valence-corrected chi connectivity index (χ2v) is 13.4. The molecule has 1 saturated heterocycles. The zero-order valence-corrected chi connectivity index (χ0v) is 26.6. The highest BCUT2D eigenvalue weighted by Crippen LogP contribution is 2.38. The third-order valence-corrected chi connectivity index (χ3v) is 9.57. The highest BCUT2D eigenvalue weighted by molar-refractivity contribution is 7.92. The van der Waals surface area contributed by atoms with Crippen LogP contribution >= 0.6 is 0 Å². The van der Waals surface area contributed by atoms with E-state index in [9.17, 15) is 18.5 Å². The number of pyridine rings is 2. The van der Waals surface area contributed by atoms with Gasteiger partial charge in [-0.1, -0.05) is 5.10 Å². The number of hydrogen-bond acceptors (Lipinski definition) is 13. The predicted molar refractivity (Wildman–Crippen MR) is 170 cm³/mol. The van der Waals surface area contributed by atoms with Crippen molar-refractivity contribution in [3.8, 4) is 5.88 Å². The standard InChI is InChI=1S/C29H36N10O6S/c1-19(24-18-33-36(2)28(24)39(40)41)38(46(3,42)43)21-15-23-25(32-17-21)16-26(37-11-13-44-14-12-37)35-27(23)45-22-7-5-20(6-8-22)34-29-30-9-4-10-31-29/h4,9-10,15-20,22H,5-8,11-14H2,1-3H3,(H,30,31,34). The van der Waals surface area contributed by atoms with E-state index >= 15 is 0 Å². The van der Waals surface area contributed by atoms with Crippen LogP contribution in [-0.2, 0) is 21.8 Å². The normalized spacial score (nSPS) is 19.5. The molecule has 4 aromatic rings. The lowest BCUT2D eigenvalue weighted by atomic mass is 9.93. The lowest BCUT2D eigenvalue weighted by Gasteiger charge is -2.31. The summed E-state index contributed by atoms with van der Waals surface area (Å²) < 4.78 is 40.8. The molecule has 244 valence electrons. The second-order valence-electron chi connectivity index (χ2n) is 11.5. The molecule has 5 heterocycles. The van der Waals surface area contributed by atoms with Crippen LogP contribution < -0.4 is 19.3 Å². The molecule has 1 N–H and O–H groups in total. The summed E-state index contributed by atoms with van der Waals surface area (Å²) in [5.41, 5.74) is 0.962. The molecule has 1 saturated carbocycles. The van der Waals surface area contributed by atoms with Crippen LogP contribution in [-0.4, -0.2) is 87.8 Å². The number of hydrogen-bond donors (Lipinski definition) is 1. The second kappa shape index (κ2) is 13.0. The van der Waals surface area contributed by atoms with Crippen molar-refractivity contribution in [3.63, 3.8) is 0 Å². The van der Waals surface area contributed by atoms with E-state index in [1.165, 1.54) is 19.4 Å². The predicted octanol–water partition coefficient (Wildman–Crippen LogP) is 3.23. The molecule has 2 aliphatic rings. The average molecular weight is 653 g/mol. The number of nitro groups is 1. The lowest BCUT2D eigenvalue weighted by Crippen LogP contribution is -2.37. The molecular weight excluding hydrogens is 616 g/mol. The maximum atomic E-state index is 13.2. The van der Waals surface area contributed by atoms with Gasteiger partial charge in [0.25, 0.3) is 0 Å². The Labute approximate surface area is 266 Å². The van der Waals surface area contributed by atoms with E-state index in [4.69, 9.17) is 14.5 Å². The molecule has 6 rings (SSSR count). The maximum Gasteiger partial charge on any atom is 0.349 e. The van der Waals surface area contributed by atoms with Gasteiger partial charge in [0.05, 0.1) is 60.1 Å². The van der Waals surface area contributed by atoms with Crippen molar-refractivity contribution in [2.45, 2.75) is 50.8 Å². The van der Waals surface area contributed by atoms with Gasteiger partial charge in [-0.25, -0.2) is 18.4 Å². The zero-order chi connectivity index (χ0) is 32.4. The maximum absolute atomic E-state index is 13.2. The molecule has 46 heavy (non-hydrogen) atoms. The summed E-state index contributed by atoms with van der Waals surface area (Å²) in [5, 5.41) is 19.8. The molecule has 17 heteroatoms. The van der Waals surface area contributed by atoms with Crippen LogP contribution in [0.2, 0.25) is 0 Å². The van der Waals surface area contributed by atoms with E-state index in [-0.39, 0.29) is 29.2 Å². The van der Waals surface area contributed by atoms with E-state index in [0.717, 1.165) is 40.9 Å². The third-order valence-electron chi connectivity index (χ3n) is 8.32. The monoisotopic (exact) mass is 652 g/mol. The van der Waals surface area contributed by atoms with Crippen LogP contribution in [0.1, 0.15) is 44.2 Å². The van der Waals surface area contributed by atoms with Gasteiger partial charge in [-0.15, -0.1) is 4.68 Å². The minimum Gasteiger partial charge on any atom is -0.474 e. The van der Waals surface area contributed by atoms with Crippen LogP contribution in [0.15, 0.2) is 43.0 Å². The van der Waals surface area contributed by atoms with Crippen LogP contribution in [0.4, 0.5) is 23.3 Å². The van der Waals surface area contributed by atoms with Crippen molar-refractivity contribution in [3.05, 3.63) is 58.7 Å². The van der Waals surface area contributed by atoms with Crippen molar-refractivity contribution in [1.82, 2.24) is 29.7 Å². The fourth-order valence-electron chi connectivity index (χ4n) is 6.07. The Bertz CT molecular complexity index is 1810. The van der Waals surface area contributed by atoms with E-state index in [0.29, 0.717) is 54.9 Å². The summed E-state index contributed by atoms with van der Waals surface area (Å²) in [6, 6.07) is 4.56. The van der Waals surface area contributed by atoms with Gasteiger partial charge in [-0.05, 0) is 49.7 Å². The molecule has 0 aromatic carbocycles. The molecule has 4 aromatic heterocycles. The van der Waals surface area contributed by atoms with Crippen LogP contribution in [0, 0.1) is 10.1 Å². The Hall–Kier alpha value is -4.64. The molecule has 1 unspecified atom stereocenters. The number of nitrogens with zero attached hydrogens (tertiary/aromatic N) is 9. The highest BCUT2D eigenvalue weighted by atomic mass is 32.2. The van der Waals surface area contributed by atoms with Crippen molar-refractivity contribution >= 4 is 44.2 Å². The van der Waals surface area contributed by atoms with Gasteiger partial charge in [0, 0.05) is 37.6 Å². The number of anilines is 3. The number of morpholine rings is 1. The number of fused-ring (bicyclic) bond motifs is 1. The molecule has 16 nitrogen and oxygen atoms in total. The van der Waals surface area contributed by atoms with Crippen LogP contribution in [0.3, 0.4) is 0 Å². The van der Waals surface area contributed by atoms with Gasteiger partial charge in [0.2, 0.25) is 21.9 Å². The number of sulfonamides is 1. The summed E-state index contributed by atoms with van der Waals surface area (Å²) in [6.07, 6.45) is 10.3. The Morgan fingerprint density at radius 1 is 1.11 bits per heavy atom. The Morgan fingerprint density at radius 2 is 1.83 bits per heavy atom. The zero-order valence-electron chi connectivity index (χ0n) is 25.8. The summed E-state index contributed by atoms with van der Waals surface area (Å²) in [7, 11) is -2.49. The number of nitrogens with one attached hydrogen (secondary N) is 1. The first-order chi connectivity index (χ1) is 22.1. The first-order valence-corrected chi connectivity index (χ1v) is 16.9. The fourth-order valence-corrected chi connectivity index (χ4v) is 7.24. The summed E-state index contributed by atoms with van der Waals surface area (Å²) in [6.45, 7) is 4.06. The number of aryl methyl sites for hydroxylation is 1. The van der Waals surface area contributed by atoms with Gasteiger partial charge >= 0.3 is 5.82 Å². The third kappa shape index (κ3) is 6.64. The molecular formula is C29H36N10O6S. The molecule has 0 bridgehead atoms. The Balaban J connectivity index is 1.34. The van der Waals surface area contributed by atoms with Gasteiger partial charge in [-0.3, -0.25) is 9.29 Å². The Morgan fingerprint density at radius 3 is 2.50 bits per heavy atom. The SMILES string of the molecule is CC(c1cnn(C)c1[N+](=O)[O-])N(c1cnc2cc(N3CCOCC3)nc(OC3CCC(Nc4ncccn4)CC3)c2c1)S(C)(=O)=O. The highest BCUT2D eigenvalue weighted by Gasteiger charge is 2.33.